The van der Waals surface area contributed by atoms with Crippen molar-refractivity contribution in [3.05, 3.63) is 78.1 Å². The molecule has 0 atom stereocenters. The largest absolute Gasteiger partial charge is 0.481 e. The van der Waals surface area contributed by atoms with Crippen molar-refractivity contribution in [2.45, 2.75) is 0 Å². The second-order valence-electron chi connectivity index (χ2n) is 5.04. The normalized spacial score (nSPS) is 10.1. The van der Waals surface area contributed by atoms with Crippen LogP contribution in [0.5, 0.6) is 17.2 Å². The summed E-state index contributed by atoms with van der Waals surface area (Å²) in [7, 11) is 0. The van der Waals surface area contributed by atoms with Crippen LogP contribution < -0.4 is 14.8 Å². The van der Waals surface area contributed by atoms with Gasteiger partial charge in [0, 0.05) is 6.20 Å². The number of nitrogens with one attached hydrogen (secondary N) is 1. The number of pyridine rings is 1. The van der Waals surface area contributed by atoms with E-state index in [4.69, 9.17) is 21.1 Å². The summed E-state index contributed by atoms with van der Waals surface area (Å²) in [6, 6.07) is 19.8. The first-order valence-electron chi connectivity index (χ1n) is 7.57. The fourth-order valence-electron chi connectivity index (χ4n) is 2.08. The molecule has 6 heteroatoms. The molecule has 0 aliphatic carbocycles. The molecule has 1 amide bonds. The number of hydrogen-bond donors (Lipinski definition) is 1. The summed E-state index contributed by atoms with van der Waals surface area (Å²) < 4.78 is 11.2. The van der Waals surface area contributed by atoms with Gasteiger partial charge in [0.2, 0.25) is 0 Å². The molecule has 0 unspecified atom stereocenters. The first-order chi connectivity index (χ1) is 12.2. The molecule has 2 aromatic carbocycles. The molecule has 1 aromatic heterocycles. The van der Waals surface area contributed by atoms with E-state index in [0.29, 0.717) is 22.9 Å². The average Bonchev–Trinajstić information content (AvgIpc) is 2.64. The van der Waals surface area contributed by atoms with E-state index in [1.54, 1.807) is 30.5 Å². The fraction of sp³-hybridized carbons (Fsp3) is 0.0526. The zero-order valence-electron chi connectivity index (χ0n) is 13.2. The number of benzene rings is 2. The average molecular weight is 355 g/mol. The summed E-state index contributed by atoms with van der Waals surface area (Å²) in [6.07, 6.45) is 1.55. The lowest BCUT2D eigenvalue weighted by Crippen LogP contribution is -2.20. The quantitative estimate of drug-likeness (QED) is 0.660. The zero-order valence-corrected chi connectivity index (χ0v) is 13.9. The van der Waals surface area contributed by atoms with Crippen LogP contribution in [0.3, 0.4) is 0 Å². The van der Waals surface area contributed by atoms with Gasteiger partial charge in [-0.3, -0.25) is 4.79 Å². The molecule has 0 aliphatic heterocycles. The molecule has 126 valence electrons. The summed E-state index contributed by atoms with van der Waals surface area (Å²) in [5, 5.41) is 2.98. The van der Waals surface area contributed by atoms with Crippen molar-refractivity contribution in [3.8, 4) is 17.2 Å². The van der Waals surface area contributed by atoms with E-state index in [2.05, 4.69) is 10.3 Å². The molecule has 0 saturated carbocycles. The smallest absolute Gasteiger partial charge is 0.262 e. The van der Waals surface area contributed by atoms with E-state index in [-0.39, 0.29) is 17.7 Å². The molecule has 5 nitrogen and oxygen atoms in total. The van der Waals surface area contributed by atoms with Crippen molar-refractivity contribution in [2.75, 3.05) is 11.9 Å². The van der Waals surface area contributed by atoms with Gasteiger partial charge in [0.15, 0.2) is 23.3 Å². The topological polar surface area (TPSA) is 60.5 Å². The number of hydrogen-bond acceptors (Lipinski definition) is 4. The van der Waals surface area contributed by atoms with Crippen LogP contribution in [0.2, 0.25) is 5.15 Å². The molecule has 1 N–H and O–H groups in total. The molecule has 0 radical (unpaired) electrons. The van der Waals surface area contributed by atoms with Crippen LogP contribution in [0.25, 0.3) is 0 Å². The van der Waals surface area contributed by atoms with Crippen molar-refractivity contribution < 1.29 is 14.3 Å². The maximum Gasteiger partial charge on any atom is 0.262 e. The number of carbonyl (C=O) groups excluding carboxylic acids is 1. The third-order valence-electron chi connectivity index (χ3n) is 3.22. The van der Waals surface area contributed by atoms with Gasteiger partial charge in [0.1, 0.15) is 5.75 Å². The summed E-state index contributed by atoms with van der Waals surface area (Å²) in [4.78, 5) is 16.0. The molecule has 0 aliphatic rings. The number of ether oxygens (including phenoxy) is 2. The van der Waals surface area contributed by atoms with Crippen molar-refractivity contribution in [3.63, 3.8) is 0 Å². The highest BCUT2D eigenvalue weighted by molar-refractivity contribution is 6.30. The number of para-hydroxylation sites is 3. The highest BCUT2D eigenvalue weighted by atomic mass is 35.5. The third kappa shape index (κ3) is 4.71. The second kappa shape index (κ2) is 8.17. The lowest BCUT2D eigenvalue weighted by atomic mass is 10.3. The Balaban J connectivity index is 1.64. The molecule has 3 rings (SSSR count). The highest BCUT2D eigenvalue weighted by Gasteiger charge is 2.10. The van der Waals surface area contributed by atoms with Gasteiger partial charge in [0.25, 0.3) is 5.91 Å². The number of nitrogens with zero attached hydrogens (tertiary/aromatic N) is 1. The molecule has 0 saturated heterocycles. The predicted molar refractivity (Wildman–Crippen MR) is 96.3 cm³/mol. The van der Waals surface area contributed by atoms with Crippen molar-refractivity contribution in [2.24, 2.45) is 0 Å². The van der Waals surface area contributed by atoms with Crippen LogP contribution >= 0.6 is 11.6 Å². The number of aromatic nitrogens is 1. The van der Waals surface area contributed by atoms with Crippen molar-refractivity contribution in [1.82, 2.24) is 4.98 Å². The third-order valence-corrected chi connectivity index (χ3v) is 3.50. The minimum absolute atomic E-state index is 0.189. The van der Waals surface area contributed by atoms with Gasteiger partial charge in [-0.2, -0.15) is 0 Å². The monoisotopic (exact) mass is 354 g/mol. The molecule has 0 fully saturated rings. The Kier molecular flexibility index (Phi) is 5.49. The van der Waals surface area contributed by atoms with Crippen LogP contribution in [-0.4, -0.2) is 17.5 Å². The first kappa shape index (κ1) is 16.8. The van der Waals surface area contributed by atoms with Gasteiger partial charge in [-0.15, -0.1) is 0 Å². The Morgan fingerprint density at radius 3 is 2.48 bits per heavy atom. The first-order valence-corrected chi connectivity index (χ1v) is 7.95. The van der Waals surface area contributed by atoms with Gasteiger partial charge in [-0.05, 0) is 36.4 Å². The number of halogens is 1. The molecule has 25 heavy (non-hydrogen) atoms. The zero-order chi connectivity index (χ0) is 17.5. The number of carbonyl (C=O) groups is 1. The molecular formula is C19H15ClN2O3. The van der Waals surface area contributed by atoms with E-state index in [0.717, 1.165) is 0 Å². The van der Waals surface area contributed by atoms with E-state index in [1.165, 1.54) is 0 Å². The predicted octanol–water partition coefficient (Wildman–Crippen LogP) is 4.54. The lowest BCUT2D eigenvalue weighted by Gasteiger charge is -2.12. The van der Waals surface area contributed by atoms with E-state index in [9.17, 15) is 4.79 Å². The van der Waals surface area contributed by atoms with E-state index < -0.39 is 0 Å². The number of amides is 1. The molecule has 0 bridgehead atoms. The van der Waals surface area contributed by atoms with Crippen LogP contribution in [0.1, 0.15) is 0 Å². The Bertz CT molecular complexity index is 856. The van der Waals surface area contributed by atoms with Crippen LogP contribution in [0.15, 0.2) is 72.9 Å². The second-order valence-corrected chi connectivity index (χ2v) is 5.40. The number of rotatable bonds is 6. The summed E-state index contributed by atoms with van der Waals surface area (Å²) in [5.74, 6) is 1.25. The maximum absolute atomic E-state index is 12.1. The maximum atomic E-state index is 12.1. The van der Waals surface area contributed by atoms with Crippen molar-refractivity contribution >= 4 is 23.2 Å². The number of anilines is 1. The Morgan fingerprint density at radius 2 is 1.68 bits per heavy atom. The van der Waals surface area contributed by atoms with Gasteiger partial charge >= 0.3 is 0 Å². The molecule has 3 aromatic rings. The van der Waals surface area contributed by atoms with Crippen LogP contribution in [0, 0.1) is 0 Å². The van der Waals surface area contributed by atoms with Crippen molar-refractivity contribution in [1.29, 1.82) is 0 Å². The Labute approximate surface area is 150 Å². The Hall–Kier alpha value is -3.05. The molecule has 1 heterocycles. The van der Waals surface area contributed by atoms with Crippen LogP contribution in [0.4, 0.5) is 5.69 Å². The molecule has 0 spiro atoms. The van der Waals surface area contributed by atoms with Gasteiger partial charge in [0.05, 0.1) is 5.69 Å². The lowest BCUT2D eigenvalue weighted by molar-refractivity contribution is -0.118. The summed E-state index contributed by atoms with van der Waals surface area (Å²) >= 11 is 5.90. The van der Waals surface area contributed by atoms with Crippen LogP contribution in [-0.2, 0) is 4.79 Å². The summed E-state index contributed by atoms with van der Waals surface area (Å²) in [5.41, 5.74) is 0.553. The molecular weight excluding hydrogens is 340 g/mol. The SMILES string of the molecule is O=C(COc1cccnc1Cl)Nc1ccccc1Oc1ccccc1. The minimum Gasteiger partial charge on any atom is -0.481 e. The van der Waals surface area contributed by atoms with E-state index in [1.807, 2.05) is 42.5 Å². The van der Waals surface area contributed by atoms with E-state index >= 15 is 0 Å². The standard InChI is InChI=1S/C19H15ClN2O3/c20-19-17(11-6-12-21-19)24-13-18(23)22-15-9-4-5-10-16(15)25-14-7-2-1-3-8-14/h1-12H,13H2,(H,22,23). The van der Waals surface area contributed by atoms with Gasteiger partial charge in [-0.25, -0.2) is 4.98 Å². The van der Waals surface area contributed by atoms with Gasteiger partial charge < -0.3 is 14.8 Å². The fourth-order valence-corrected chi connectivity index (χ4v) is 2.26. The van der Waals surface area contributed by atoms with Gasteiger partial charge in [-0.1, -0.05) is 41.9 Å². The Morgan fingerprint density at radius 1 is 0.960 bits per heavy atom. The summed E-state index contributed by atoms with van der Waals surface area (Å²) in [6.45, 7) is -0.189. The minimum atomic E-state index is -0.330. The highest BCUT2D eigenvalue weighted by Crippen LogP contribution is 2.29.